The number of nitrogens with one attached hydrogen (secondary N) is 1. The third-order valence-electron chi connectivity index (χ3n) is 4.53. The first kappa shape index (κ1) is 23.4. The second-order valence-corrected chi connectivity index (χ2v) is 7.70. The number of hydrazine groups is 1. The van der Waals surface area contributed by atoms with Crippen molar-refractivity contribution in [3.63, 3.8) is 0 Å². The molecule has 0 radical (unpaired) electrons. The van der Waals surface area contributed by atoms with Crippen molar-refractivity contribution in [2.24, 2.45) is 0 Å². The molecule has 10 heteroatoms. The minimum atomic E-state index is -0.574. The fourth-order valence-corrected chi connectivity index (χ4v) is 3.81. The lowest BCUT2D eigenvalue weighted by atomic mass is 10.1. The average molecular weight is 476 g/mol. The van der Waals surface area contributed by atoms with E-state index in [9.17, 15) is 9.59 Å². The van der Waals surface area contributed by atoms with E-state index in [-0.39, 0.29) is 16.6 Å². The Morgan fingerprint density at radius 1 is 1.06 bits per heavy atom. The molecule has 1 N–H and O–H groups in total. The number of aryl methyl sites for hydroxylation is 1. The van der Waals surface area contributed by atoms with Crippen LogP contribution in [0.3, 0.4) is 0 Å². The quantitative estimate of drug-likeness (QED) is 0.409. The molecule has 3 aromatic rings. The summed E-state index contributed by atoms with van der Waals surface area (Å²) in [5.74, 6) is -0.476. The van der Waals surface area contributed by atoms with Crippen LogP contribution in [0.25, 0.3) is 11.3 Å². The van der Waals surface area contributed by atoms with E-state index >= 15 is 0 Å². The van der Waals surface area contributed by atoms with E-state index in [1.807, 2.05) is 31.2 Å². The van der Waals surface area contributed by atoms with Crippen LogP contribution in [0.1, 0.15) is 15.9 Å². The van der Waals surface area contributed by atoms with E-state index in [1.165, 1.54) is 44.8 Å². The Hall–Kier alpha value is -3.30. The molecule has 0 saturated carbocycles. The van der Waals surface area contributed by atoms with Crippen molar-refractivity contribution in [3.05, 3.63) is 52.9 Å². The number of thiazole rings is 1. The van der Waals surface area contributed by atoms with Crippen molar-refractivity contribution in [1.29, 1.82) is 0 Å². The number of amides is 2. The molecule has 168 valence electrons. The van der Waals surface area contributed by atoms with Crippen molar-refractivity contribution in [3.8, 4) is 28.5 Å². The molecule has 8 nitrogen and oxygen atoms in total. The van der Waals surface area contributed by atoms with E-state index in [0.29, 0.717) is 22.9 Å². The van der Waals surface area contributed by atoms with Crippen molar-refractivity contribution in [1.82, 2.24) is 10.4 Å². The molecule has 0 spiro atoms. The van der Waals surface area contributed by atoms with Gasteiger partial charge in [0.15, 0.2) is 11.5 Å². The summed E-state index contributed by atoms with van der Waals surface area (Å²) in [4.78, 5) is 30.0. The summed E-state index contributed by atoms with van der Waals surface area (Å²) in [6.07, 6.45) is 0. The Morgan fingerprint density at radius 3 is 2.22 bits per heavy atom. The minimum absolute atomic E-state index is 0.196. The van der Waals surface area contributed by atoms with Gasteiger partial charge in [0, 0.05) is 16.5 Å². The maximum atomic E-state index is 13.0. The maximum Gasteiger partial charge on any atom is 0.270 e. The first-order valence-corrected chi connectivity index (χ1v) is 10.9. The van der Waals surface area contributed by atoms with Crippen LogP contribution in [0.15, 0.2) is 41.8 Å². The lowest BCUT2D eigenvalue weighted by Gasteiger charge is -2.20. The van der Waals surface area contributed by atoms with Gasteiger partial charge in [0.1, 0.15) is 5.88 Å². The number of rotatable bonds is 7. The van der Waals surface area contributed by atoms with E-state index in [0.717, 1.165) is 16.1 Å². The molecule has 0 atom stereocenters. The van der Waals surface area contributed by atoms with Gasteiger partial charge in [0.05, 0.1) is 27.0 Å². The SMILES string of the molecule is COc1cc(C(=O)NN(C(=O)CCl)c2nc(-c3ccc(C)cc3)cs2)cc(OC)c1OC. The Labute approximate surface area is 194 Å². The van der Waals surface area contributed by atoms with Crippen LogP contribution in [-0.4, -0.2) is 44.0 Å². The topological polar surface area (TPSA) is 90.0 Å². The molecule has 0 bridgehead atoms. The lowest BCUT2D eigenvalue weighted by Crippen LogP contribution is -2.47. The Balaban J connectivity index is 1.91. The highest BCUT2D eigenvalue weighted by Gasteiger charge is 2.24. The minimum Gasteiger partial charge on any atom is -0.493 e. The highest BCUT2D eigenvalue weighted by molar-refractivity contribution is 7.14. The van der Waals surface area contributed by atoms with Gasteiger partial charge in [-0.25, -0.2) is 4.98 Å². The number of carbonyl (C=O) groups is 2. The molecule has 0 aliphatic rings. The van der Waals surface area contributed by atoms with E-state index < -0.39 is 11.8 Å². The van der Waals surface area contributed by atoms with E-state index in [1.54, 1.807) is 5.38 Å². The maximum absolute atomic E-state index is 13.0. The average Bonchev–Trinajstić information content (AvgIpc) is 3.31. The highest BCUT2D eigenvalue weighted by Crippen LogP contribution is 2.38. The number of nitrogens with zero attached hydrogens (tertiary/aromatic N) is 2. The molecule has 3 rings (SSSR count). The molecule has 32 heavy (non-hydrogen) atoms. The summed E-state index contributed by atoms with van der Waals surface area (Å²) in [5.41, 5.74) is 5.47. The summed E-state index contributed by atoms with van der Waals surface area (Å²) in [5, 5.41) is 3.13. The van der Waals surface area contributed by atoms with Crippen LogP contribution in [-0.2, 0) is 4.79 Å². The van der Waals surface area contributed by atoms with Crippen LogP contribution in [0.2, 0.25) is 0 Å². The number of carbonyl (C=O) groups excluding carboxylic acids is 2. The number of hydrogen-bond donors (Lipinski definition) is 1. The monoisotopic (exact) mass is 475 g/mol. The second kappa shape index (κ2) is 10.3. The van der Waals surface area contributed by atoms with Crippen LogP contribution < -0.4 is 24.6 Å². The third-order valence-corrected chi connectivity index (χ3v) is 5.59. The van der Waals surface area contributed by atoms with Gasteiger partial charge in [-0.1, -0.05) is 29.8 Å². The molecule has 0 fully saturated rings. The normalized spacial score (nSPS) is 10.4. The van der Waals surface area contributed by atoms with Crippen LogP contribution in [0, 0.1) is 6.92 Å². The van der Waals surface area contributed by atoms with Gasteiger partial charge >= 0.3 is 0 Å². The summed E-state index contributed by atoms with van der Waals surface area (Å²) in [7, 11) is 4.37. The van der Waals surface area contributed by atoms with E-state index in [2.05, 4.69) is 10.4 Å². The van der Waals surface area contributed by atoms with Gasteiger partial charge in [-0.15, -0.1) is 22.9 Å². The number of ether oxygens (including phenoxy) is 3. The Kier molecular flexibility index (Phi) is 7.55. The fourth-order valence-electron chi connectivity index (χ4n) is 2.88. The fraction of sp³-hybridized carbons (Fsp3) is 0.227. The first-order chi connectivity index (χ1) is 15.4. The molecule has 2 aromatic carbocycles. The molecular formula is C22H22ClN3O5S. The molecule has 1 aromatic heterocycles. The van der Waals surface area contributed by atoms with Crippen molar-refractivity contribution in [2.75, 3.05) is 32.2 Å². The zero-order chi connectivity index (χ0) is 23.3. The van der Waals surface area contributed by atoms with Crippen LogP contribution >= 0.6 is 22.9 Å². The number of halogens is 1. The van der Waals surface area contributed by atoms with Gasteiger partial charge in [0.25, 0.3) is 11.8 Å². The van der Waals surface area contributed by atoms with Crippen molar-refractivity contribution in [2.45, 2.75) is 6.92 Å². The molecule has 1 heterocycles. The third kappa shape index (κ3) is 4.95. The molecular weight excluding hydrogens is 454 g/mol. The zero-order valence-corrected chi connectivity index (χ0v) is 19.5. The molecule has 2 amide bonds. The zero-order valence-electron chi connectivity index (χ0n) is 18.0. The summed E-state index contributed by atoms with van der Waals surface area (Å²) in [6.45, 7) is 2.00. The standard InChI is InChI=1S/C22H22ClN3O5S/c1-13-5-7-14(8-6-13)16-12-32-22(24-16)26(19(27)11-23)25-21(28)15-9-17(29-2)20(31-4)18(10-15)30-3/h5-10,12H,11H2,1-4H3,(H,25,28). The first-order valence-electron chi connectivity index (χ1n) is 9.44. The van der Waals surface area contributed by atoms with Gasteiger partial charge in [-0.05, 0) is 19.1 Å². The van der Waals surface area contributed by atoms with Gasteiger partial charge in [0.2, 0.25) is 10.9 Å². The predicted molar refractivity (Wildman–Crippen MR) is 124 cm³/mol. The van der Waals surface area contributed by atoms with Crippen LogP contribution in [0.5, 0.6) is 17.2 Å². The Bertz CT molecular complexity index is 1090. The number of aromatic nitrogens is 1. The molecule has 0 saturated heterocycles. The van der Waals surface area contributed by atoms with Crippen molar-refractivity contribution >= 4 is 39.9 Å². The summed E-state index contributed by atoms with van der Waals surface area (Å²) in [6, 6.07) is 10.8. The molecule has 0 aliphatic carbocycles. The Morgan fingerprint density at radius 2 is 1.69 bits per heavy atom. The van der Waals surface area contributed by atoms with Gasteiger partial charge < -0.3 is 14.2 Å². The number of alkyl halides is 1. The smallest absolute Gasteiger partial charge is 0.270 e. The van der Waals surface area contributed by atoms with E-state index in [4.69, 9.17) is 25.8 Å². The number of benzene rings is 2. The summed E-state index contributed by atoms with van der Waals surface area (Å²) >= 11 is 6.99. The van der Waals surface area contributed by atoms with Crippen LogP contribution in [0.4, 0.5) is 5.13 Å². The predicted octanol–water partition coefficient (Wildman–Crippen LogP) is 4.06. The summed E-state index contributed by atoms with van der Waals surface area (Å²) < 4.78 is 15.9. The van der Waals surface area contributed by atoms with Crippen molar-refractivity contribution < 1.29 is 23.8 Å². The molecule has 0 aliphatic heterocycles. The lowest BCUT2D eigenvalue weighted by molar-refractivity contribution is -0.116. The van der Waals surface area contributed by atoms with Gasteiger partial charge in [-0.3, -0.25) is 15.0 Å². The largest absolute Gasteiger partial charge is 0.493 e. The van der Waals surface area contributed by atoms with Gasteiger partial charge in [-0.2, -0.15) is 5.01 Å². The number of hydrogen-bond acceptors (Lipinski definition) is 7. The number of methoxy groups -OCH3 is 3. The molecule has 0 unspecified atom stereocenters. The highest BCUT2D eigenvalue weighted by atomic mass is 35.5. The second-order valence-electron chi connectivity index (χ2n) is 6.60. The number of anilines is 1.